The number of allylic oxidation sites excluding steroid dienone is 2. The zero-order valence-corrected chi connectivity index (χ0v) is 17.4. The second-order valence-corrected chi connectivity index (χ2v) is 8.47. The average Bonchev–Trinajstić information content (AvgIpc) is 3.03. The van der Waals surface area contributed by atoms with Gasteiger partial charge in [-0.3, -0.25) is 14.7 Å². The first-order chi connectivity index (χ1) is 14.6. The van der Waals surface area contributed by atoms with E-state index in [0.717, 1.165) is 18.5 Å². The molecule has 2 bridgehead atoms. The molecule has 1 N–H and O–H groups in total. The van der Waals surface area contributed by atoms with Crippen molar-refractivity contribution in [3.8, 4) is 0 Å². The van der Waals surface area contributed by atoms with Gasteiger partial charge in [-0.2, -0.15) is 4.98 Å². The number of carbonyl (C=O) groups excluding carboxylic acids is 1. The molecule has 2 atom stereocenters. The molecule has 7 heteroatoms. The number of oxazole rings is 1. The number of benzene rings is 1. The summed E-state index contributed by atoms with van der Waals surface area (Å²) in [7, 11) is 2.23. The van der Waals surface area contributed by atoms with E-state index in [4.69, 9.17) is 4.42 Å². The van der Waals surface area contributed by atoms with Crippen molar-refractivity contribution < 1.29 is 9.21 Å². The van der Waals surface area contributed by atoms with E-state index >= 15 is 0 Å². The molecule has 0 aliphatic carbocycles. The number of piperidine rings is 2. The molecule has 1 amide bonds. The molecule has 3 aliphatic heterocycles. The zero-order valence-electron chi connectivity index (χ0n) is 17.4. The van der Waals surface area contributed by atoms with Crippen molar-refractivity contribution in [2.24, 2.45) is 4.99 Å². The lowest BCUT2D eigenvalue weighted by Gasteiger charge is -2.47. The van der Waals surface area contributed by atoms with Crippen molar-refractivity contribution in [2.75, 3.05) is 11.9 Å². The number of rotatable bonds is 3. The van der Waals surface area contributed by atoms with Crippen LogP contribution in [-0.4, -0.2) is 47.2 Å². The number of para-hydroxylation sites is 1. The van der Waals surface area contributed by atoms with Gasteiger partial charge in [-0.15, -0.1) is 0 Å². The van der Waals surface area contributed by atoms with E-state index in [0.29, 0.717) is 34.8 Å². The van der Waals surface area contributed by atoms with Crippen LogP contribution in [0.2, 0.25) is 0 Å². The summed E-state index contributed by atoms with van der Waals surface area (Å²) in [6.45, 7) is 1.94. The van der Waals surface area contributed by atoms with E-state index in [2.05, 4.69) is 27.2 Å². The summed E-state index contributed by atoms with van der Waals surface area (Å²) in [6.07, 6.45) is 12.9. The molecule has 2 unspecified atom stereocenters. The van der Waals surface area contributed by atoms with Crippen LogP contribution in [0.1, 0.15) is 49.4 Å². The standard InChI is InChI=1S/C23H27N5O2/c1-15-14-24-10-5-11-28(15)23-26-21-19(8-4-9-20(21)30-23)22(29)25-16-12-17-6-3-7-18(13-16)27(17)2/h4-5,8-11,14,16-18H,3,6-7,12-13H2,1-2H3,(H,25,29). The van der Waals surface area contributed by atoms with Gasteiger partial charge in [0, 0.05) is 42.4 Å². The van der Waals surface area contributed by atoms with Gasteiger partial charge in [-0.05, 0) is 57.9 Å². The van der Waals surface area contributed by atoms with E-state index < -0.39 is 0 Å². The van der Waals surface area contributed by atoms with Crippen LogP contribution < -0.4 is 10.2 Å². The number of aromatic nitrogens is 1. The average molecular weight is 406 g/mol. The molecule has 1 aromatic carbocycles. The molecule has 4 heterocycles. The highest BCUT2D eigenvalue weighted by molar-refractivity contribution is 6.05. The molecule has 1 aromatic heterocycles. The number of nitrogens with one attached hydrogen (secondary N) is 1. The van der Waals surface area contributed by atoms with Gasteiger partial charge < -0.3 is 14.6 Å². The van der Waals surface area contributed by atoms with Crippen LogP contribution in [0.3, 0.4) is 0 Å². The first kappa shape index (κ1) is 19.1. The van der Waals surface area contributed by atoms with Crippen LogP contribution in [0.4, 0.5) is 6.01 Å². The molecule has 3 aliphatic rings. The number of hydrogen-bond donors (Lipinski definition) is 1. The lowest BCUT2D eigenvalue weighted by Crippen LogP contribution is -2.55. The van der Waals surface area contributed by atoms with E-state index in [9.17, 15) is 4.79 Å². The van der Waals surface area contributed by atoms with Crippen LogP contribution in [0.5, 0.6) is 0 Å². The van der Waals surface area contributed by atoms with Crippen molar-refractivity contribution in [2.45, 2.75) is 57.2 Å². The number of hydrogen-bond acceptors (Lipinski definition) is 6. The normalized spacial score (nSPS) is 26.5. The second-order valence-electron chi connectivity index (χ2n) is 8.47. The zero-order chi connectivity index (χ0) is 20.7. The molecule has 0 radical (unpaired) electrons. The Bertz CT molecular complexity index is 1040. The first-order valence-electron chi connectivity index (χ1n) is 10.7. The molecule has 0 saturated carbocycles. The summed E-state index contributed by atoms with van der Waals surface area (Å²) < 4.78 is 5.97. The van der Waals surface area contributed by atoms with Crippen LogP contribution in [0.25, 0.3) is 11.1 Å². The highest BCUT2D eigenvalue weighted by atomic mass is 16.4. The topological polar surface area (TPSA) is 74.0 Å². The minimum atomic E-state index is -0.0740. The maximum absolute atomic E-state index is 13.2. The Morgan fingerprint density at radius 3 is 2.83 bits per heavy atom. The third-order valence-electron chi connectivity index (χ3n) is 6.58. The van der Waals surface area contributed by atoms with E-state index in [1.165, 1.54) is 19.3 Å². The van der Waals surface area contributed by atoms with Crippen molar-refractivity contribution in [3.63, 3.8) is 0 Å². The van der Waals surface area contributed by atoms with Crippen LogP contribution >= 0.6 is 0 Å². The highest BCUT2D eigenvalue weighted by Crippen LogP contribution is 2.33. The van der Waals surface area contributed by atoms with Crippen LogP contribution in [0, 0.1) is 0 Å². The van der Waals surface area contributed by atoms with Gasteiger partial charge in [-0.25, -0.2) is 0 Å². The molecule has 5 rings (SSSR count). The number of nitrogens with zero attached hydrogens (tertiary/aromatic N) is 4. The number of fused-ring (bicyclic) bond motifs is 3. The Morgan fingerprint density at radius 1 is 1.23 bits per heavy atom. The van der Waals surface area contributed by atoms with Crippen molar-refractivity contribution in [3.05, 3.63) is 47.9 Å². The van der Waals surface area contributed by atoms with Crippen molar-refractivity contribution in [1.29, 1.82) is 0 Å². The largest absolute Gasteiger partial charge is 0.423 e. The quantitative estimate of drug-likeness (QED) is 0.840. The second kappa shape index (κ2) is 7.72. The molecular formula is C23H27N5O2. The Morgan fingerprint density at radius 2 is 2.03 bits per heavy atom. The maximum atomic E-state index is 13.2. The summed E-state index contributed by atoms with van der Waals surface area (Å²) in [5, 5.41) is 3.28. The Hall–Kier alpha value is -2.93. The van der Waals surface area contributed by atoms with Gasteiger partial charge in [0.2, 0.25) is 0 Å². The Labute approximate surface area is 176 Å². The molecule has 156 valence electrons. The minimum Gasteiger partial charge on any atom is -0.423 e. The molecule has 2 aromatic rings. The van der Waals surface area contributed by atoms with Gasteiger partial charge in [0.15, 0.2) is 5.58 Å². The van der Waals surface area contributed by atoms with Gasteiger partial charge in [0.25, 0.3) is 5.91 Å². The lowest BCUT2D eigenvalue weighted by molar-refractivity contribution is 0.0463. The first-order valence-corrected chi connectivity index (χ1v) is 10.7. The monoisotopic (exact) mass is 405 g/mol. The van der Waals surface area contributed by atoms with E-state index in [-0.39, 0.29) is 11.9 Å². The molecule has 2 saturated heterocycles. The van der Waals surface area contributed by atoms with Crippen LogP contribution in [0.15, 0.2) is 51.8 Å². The fourth-order valence-electron chi connectivity index (χ4n) is 4.94. The summed E-state index contributed by atoms with van der Waals surface area (Å²) in [4.78, 5) is 26.3. The van der Waals surface area contributed by atoms with E-state index in [1.807, 2.05) is 42.3 Å². The summed E-state index contributed by atoms with van der Waals surface area (Å²) in [5.41, 5.74) is 2.63. The fraction of sp³-hybridized carbons (Fsp3) is 0.435. The fourth-order valence-corrected chi connectivity index (χ4v) is 4.94. The predicted octanol–water partition coefficient (Wildman–Crippen LogP) is 3.84. The third-order valence-corrected chi connectivity index (χ3v) is 6.58. The van der Waals surface area contributed by atoms with Gasteiger partial charge in [0.1, 0.15) is 5.52 Å². The smallest absolute Gasteiger partial charge is 0.307 e. The highest BCUT2D eigenvalue weighted by Gasteiger charge is 2.36. The third kappa shape index (κ3) is 3.43. The van der Waals surface area contributed by atoms with Gasteiger partial charge >= 0.3 is 6.01 Å². The van der Waals surface area contributed by atoms with Crippen molar-refractivity contribution in [1.82, 2.24) is 15.2 Å². The van der Waals surface area contributed by atoms with Crippen molar-refractivity contribution >= 4 is 29.2 Å². The lowest BCUT2D eigenvalue weighted by atomic mass is 9.82. The summed E-state index contributed by atoms with van der Waals surface area (Å²) in [5.74, 6) is -0.0740. The van der Waals surface area contributed by atoms with Gasteiger partial charge in [-0.1, -0.05) is 12.5 Å². The minimum absolute atomic E-state index is 0.0740. The Balaban J connectivity index is 1.39. The Kier molecular flexibility index (Phi) is 4.90. The molecule has 0 spiro atoms. The van der Waals surface area contributed by atoms with Gasteiger partial charge in [0.05, 0.1) is 5.56 Å². The maximum Gasteiger partial charge on any atom is 0.307 e. The number of aliphatic imine (C=N–C) groups is 1. The summed E-state index contributed by atoms with van der Waals surface area (Å²) in [6, 6.07) is 7.30. The SMILES string of the molecule is CC1=CN=CC=CN1c1nc2c(C(=O)NC3CC4CCCC(C3)N4C)cccc2o1. The molecular weight excluding hydrogens is 378 g/mol. The molecule has 2 fully saturated rings. The van der Waals surface area contributed by atoms with Crippen LogP contribution in [-0.2, 0) is 0 Å². The molecule has 30 heavy (non-hydrogen) atoms. The number of anilines is 1. The molecule has 7 nitrogen and oxygen atoms in total. The number of amides is 1. The van der Waals surface area contributed by atoms with E-state index in [1.54, 1.807) is 12.4 Å². The summed E-state index contributed by atoms with van der Waals surface area (Å²) >= 11 is 0. The predicted molar refractivity (Wildman–Crippen MR) is 118 cm³/mol. The number of carbonyl (C=O) groups is 1.